The van der Waals surface area contributed by atoms with Crippen LogP contribution in [0.1, 0.15) is 26.6 Å². The molecule has 0 fully saturated rings. The lowest BCUT2D eigenvalue weighted by Crippen LogP contribution is -2.10. The predicted octanol–water partition coefficient (Wildman–Crippen LogP) is 2.50. The van der Waals surface area contributed by atoms with Gasteiger partial charge >= 0.3 is 5.97 Å². The zero-order chi connectivity index (χ0) is 12.4. The summed E-state index contributed by atoms with van der Waals surface area (Å²) in [4.78, 5) is 16.5. The predicted molar refractivity (Wildman–Crippen MR) is 66.7 cm³/mol. The maximum atomic E-state index is 11.1. The third-order valence-corrected chi connectivity index (χ3v) is 3.79. The van der Waals surface area contributed by atoms with Crippen LogP contribution in [0.25, 0.3) is 0 Å². The summed E-state index contributed by atoms with van der Waals surface area (Å²) < 4.78 is 1.79. The van der Waals surface area contributed by atoms with E-state index in [4.69, 9.17) is 5.11 Å². The quantitative estimate of drug-likeness (QED) is 0.907. The number of aromatic nitrogens is 2. The van der Waals surface area contributed by atoms with Gasteiger partial charge in [-0.05, 0) is 25.5 Å². The van der Waals surface area contributed by atoms with Gasteiger partial charge in [-0.15, -0.1) is 11.3 Å². The monoisotopic (exact) mass is 250 g/mol. The van der Waals surface area contributed by atoms with Crippen LogP contribution < -0.4 is 0 Å². The molecule has 0 bridgehead atoms. The summed E-state index contributed by atoms with van der Waals surface area (Å²) in [6, 6.07) is 1.84. The lowest BCUT2D eigenvalue weighted by Gasteiger charge is -2.06. The van der Waals surface area contributed by atoms with Crippen LogP contribution in [0.3, 0.4) is 0 Å². The number of rotatable bonds is 4. The van der Waals surface area contributed by atoms with Crippen LogP contribution in [-0.2, 0) is 13.0 Å². The molecule has 5 heteroatoms. The van der Waals surface area contributed by atoms with Gasteiger partial charge in [0.05, 0.1) is 11.2 Å². The maximum absolute atomic E-state index is 11.1. The second-order valence-corrected chi connectivity index (χ2v) is 4.90. The second-order valence-electron chi connectivity index (χ2n) is 3.96. The Kier molecular flexibility index (Phi) is 3.28. The molecule has 17 heavy (non-hydrogen) atoms. The van der Waals surface area contributed by atoms with Crippen molar-refractivity contribution in [3.8, 4) is 0 Å². The summed E-state index contributed by atoms with van der Waals surface area (Å²) in [6.07, 6.45) is 2.65. The zero-order valence-electron chi connectivity index (χ0n) is 9.80. The minimum atomic E-state index is -0.867. The molecule has 2 aromatic rings. The number of carbonyl (C=O) groups is 1. The van der Waals surface area contributed by atoms with Gasteiger partial charge in [0.15, 0.2) is 0 Å². The Bertz CT molecular complexity index is 542. The van der Waals surface area contributed by atoms with Crippen molar-refractivity contribution in [3.05, 3.63) is 39.6 Å². The van der Waals surface area contributed by atoms with Crippen molar-refractivity contribution in [2.75, 3.05) is 0 Å². The van der Waals surface area contributed by atoms with Crippen molar-refractivity contribution in [3.63, 3.8) is 0 Å². The topological polar surface area (TPSA) is 55.1 Å². The van der Waals surface area contributed by atoms with E-state index < -0.39 is 5.97 Å². The summed E-state index contributed by atoms with van der Waals surface area (Å²) in [5, 5.41) is 9.12. The molecule has 0 unspecified atom stereocenters. The summed E-state index contributed by atoms with van der Waals surface area (Å²) >= 11 is 1.62. The first kappa shape index (κ1) is 11.9. The molecule has 0 aliphatic carbocycles. The fraction of sp³-hybridized carbons (Fsp3) is 0.333. The molecule has 2 rings (SSSR count). The smallest absolute Gasteiger partial charge is 0.352 e. The number of nitrogens with zero attached hydrogens (tertiary/aromatic N) is 2. The number of carboxylic acid groups (broad SMARTS) is 1. The van der Waals surface area contributed by atoms with E-state index in [0.717, 1.165) is 17.7 Å². The largest absolute Gasteiger partial charge is 0.477 e. The Labute approximate surface area is 104 Å². The summed E-state index contributed by atoms with van der Waals surface area (Å²) in [6.45, 7) is 4.47. The van der Waals surface area contributed by atoms with Crippen LogP contribution in [-0.4, -0.2) is 20.6 Å². The molecule has 2 aromatic heterocycles. The van der Waals surface area contributed by atoms with Gasteiger partial charge in [0.2, 0.25) is 0 Å². The number of aromatic carboxylic acids is 1. The summed E-state index contributed by atoms with van der Waals surface area (Å²) in [7, 11) is 0. The van der Waals surface area contributed by atoms with Gasteiger partial charge in [-0.25, -0.2) is 9.78 Å². The highest BCUT2D eigenvalue weighted by Crippen LogP contribution is 2.16. The average molecular weight is 250 g/mol. The van der Waals surface area contributed by atoms with Crippen molar-refractivity contribution >= 4 is 17.3 Å². The van der Waals surface area contributed by atoms with Gasteiger partial charge in [0, 0.05) is 24.0 Å². The number of carboxylic acids is 1. The first-order valence-corrected chi connectivity index (χ1v) is 6.25. The van der Waals surface area contributed by atoms with Crippen LogP contribution in [0.2, 0.25) is 0 Å². The number of aryl methyl sites for hydroxylation is 4. The number of thiazole rings is 1. The fourth-order valence-corrected chi connectivity index (χ4v) is 2.62. The van der Waals surface area contributed by atoms with Crippen LogP contribution >= 0.6 is 11.3 Å². The van der Waals surface area contributed by atoms with Crippen LogP contribution in [0.4, 0.5) is 0 Å². The van der Waals surface area contributed by atoms with Crippen molar-refractivity contribution in [2.45, 2.75) is 26.8 Å². The normalized spacial score (nSPS) is 10.7. The standard InChI is InChI=1S/C12H14N2O2S/c1-8-3-5-14(11(8)12(15)16)6-4-10-9(2)13-7-17-10/h3,5,7H,4,6H2,1-2H3,(H,15,16). The van der Waals surface area contributed by atoms with Crippen molar-refractivity contribution in [2.24, 2.45) is 0 Å². The highest BCUT2D eigenvalue weighted by atomic mass is 32.1. The third kappa shape index (κ3) is 2.39. The van der Waals surface area contributed by atoms with Crippen LogP contribution in [0.15, 0.2) is 17.8 Å². The zero-order valence-corrected chi connectivity index (χ0v) is 10.6. The van der Waals surface area contributed by atoms with Gasteiger partial charge < -0.3 is 9.67 Å². The van der Waals surface area contributed by atoms with Gasteiger partial charge in [-0.2, -0.15) is 0 Å². The Morgan fingerprint density at radius 2 is 2.29 bits per heavy atom. The van der Waals surface area contributed by atoms with Gasteiger partial charge in [0.1, 0.15) is 5.69 Å². The van der Waals surface area contributed by atoms with E-state index in [1.807, 2.05) is 31.6 Å². The molecule has 0 spiro atoms. The number of hydrogen-bond acceptors (Lipinski definition) is 3. The maximum Gasteiger partial charge on any atom is 0.352 e. The van der Waals surface area contributed by atoms with E-state index in [1.54, 1.807) is 15.9 Å². The molecular formula is C12H14N2O2S. The van der Waals surface area contributed by atoms with E-state index in [9.17, 15) is 4.79 Å². The molecule has 0 radical (unpaired) electrons. The summed E-state index contributed by atoms with van der Waals surface area (Å²) in [5.74, 6) is -0.867. The molecule has 0 amide bonds. The molecule has 0 saturated heterocycles. The molecule has 0 atom stereocenters. The van der Waals surface area contributed by atoms with Gasteiger partial charge in [-0.3, -0.25) is 0 Å². The highest BCUT2D eigenvalue weighted by Gasteiger charge is 2.13. The fourth-order valence-electron chi connectivity index (χ4n) is 1.85. The lowest BCUT2D eigenvalue weighted by atomic mass is 10.2. The molecular weight excluding hydrogens is 236 g/mol. The molecule has 1 N–H and O–H groups in total. The van der Waals surface area contributed by atoms with E-state index >= 15 is 0 Å². The van der Waals surface area contributed by atoms with Gasteiger partial charge in [-0.1, -0.05) is 0 Å². The molecule has 0 saturated carbocycles. The number of hydrogen-bond donors (Lipinski definition) is 1. The van der Waals surface area contributed by atoms with Crippen LogP contribution in [0.5, 0.6) is 0 Å². The molecule has 2 heterocycles. The molecule has 0 aromatic carbocycles. The lowest BCUT2D eigenvalue weighted by molar-refractivity contribution is 0.0684. The van der Waals surface area contributed by atoms with Crippen molar-refractivity contribution in [1.29, 1.82) is 0 Å². The molecule has 0 aliphatic rings. The van der Waals surface area contributed by atoms with Gasteiger partial charge in [0.25, 0.3) is 0 Å². The Hall–Kier alpha value is -1.62. The minimum absolute atomic E-state index is 0.382. The van der Waals surface area contributed by atoms with Crippen molar-refractivity contribution in [1.82, 2.24) is 9.55 Å². The average Bonchev–Trinajstić information content (AvgIpc) is 2.82. The molecule has 0 aliphatic heterocycles. The van der Waals surface area contributed by atoms with E-state index in [0.29, 0.717) is 12.2 Å². The van der Waals surface area contributed by atoms with Crippen LogP contribution in [0, 0.1) is 13.8 Å². The Morgan fingerprint density at radius 1 is 1.53 bits per heavy atom. The highest BCUT2D eigenvalue weighted by molar-refractivity contribution is 7.09. The van der Waals surface area contributed by atoms with Crippen molar-refractivity contribution < 1.29 is 9.90 Å². The Balaban J connectivity index is 2.15. The Morgan fingerprint density at radius 3 is 2.88 bits per heavy atom. The molecule has 4 nitrogen and oxygen atoms in total. The third-order valence-electron chi connectivity index (χ3n) is 2.79. The minimum Gasteiger partial charge on any atom is -0.477 e. The van der Waals surface area contributed by atoms with E-state index in [2.05, 4.69) is 4.98 Å². The van der Waals surface area contributed by atoms with E-state index in [-0.39, 0.29) is 0 Å². The summed E-state index contributed by atoms with van der Waals surface area (Å²) in [5.41, 5.74) is 4.05. The molecule has 90 valence electrons. The van der Waals surface area contributed by atoms with E-state index in [1.165, 1.54) is 4.88 Å². The first-order valence-electron chi connectivity index (χ1n) is 5.37. The first-order chi connectivity index (χ1) is 8.09. The SMILES string of the molecule is Cc1ccn(CCc2scnc2C)c1C(=O)O. The second kappa shape index (κ2) is 4.71.